The van der Waals surface area contributed by atoms with Crippen LogP contribution in [-0.2, 0) is 14.3 Å². The summed E-state index contributed by atoms with van der Waals surface area (Å²) < 4.78 is 4.93. The van der Waals surface area contributed by atoms with E-state index in [0.29, 0.717) is 5.69 Å². The quantitative estimate of drug-likeness (QED) is 0.485. The van der Waals surface area contributed by atoms with Gasteiger partial charge in [-0.2, -0.15) is 5.26 Å². The number of urea groups is 1. The van der Waals surface area contributed by atoms with Gasteiger partial charge in [0.05, 0.1) is 12.5 Å². The Morgan fingerprint density at radius 2 is 1.88 bits per heavy atom. The molecule has 1 aromatic carbocycles. The molecule has 0 fully saturated rings. The summed E-state index contributed by atoms with van der Waals surface area (Å²) in [5, 5.41) is 16.0. The van der Waals surface area contributed by atoms with Gasteiger partial charge in [-0.05, 0) is 18.1 Å². The molecule has 0 aliphatic heterocycles. The molecule has 3 N–H and O–H groups in total. The Bertz CT molecular complexity index is 625. The molecule has 8 nitrogen and oxygen atoms in total. The fraction of sp³-hybridized carbons (Fsp3) is 0.412. The maximum absolute atomic E-state index is 12.1. The molecule has 1 rings (SSSR count). The number of amides is 3. The zero-order chi connectivity index (χ0) is 18.7. The normalized spacial score (nSPS) is 11.1. The molecular formula is C17H22N4O4. The Hall–Kier alpha value is -3.08. The molecule has 0 spiro atoms. The summed E-state index contributed by atoms with van der Waals surface area (Å²) >= 11 is 0. The van der Waals surface area contributed by atoms with Crippen molar-refractivity contribution in [2.75, 3.05) is 18.5 Å². The average molecular weight is 346 g/mol. The predicted molar refractivity (Wildman–Crippen MR) is 91.4 cm³/mol. The fourth-order valence-electron chi connectivity index (χ4n) is 1.86. The number of ether oxygens (including phenoxy) is 1. The van der Waals surface area contributed by atoms with Crippen LogP contribution in [0.3, 0.4) is 0 Å². The first-order chi connectivity index (χ1) is 11.9. The summed E-state index contributed by atoms with van der Waals surface area (Å²) in [5.41, 5.74) is 0.591. The highest BCUT2D eigenvalue weighted by atomic mass is 16.5. The van der Waals surface area contributed by atoms with Crippen molar-refractivity contribution in [1.29, 1.82) is 5.26 Å². The number of nitrogens with zero attached hydrogens (tertiary/aromatic N) is 1. The highest BCUT2D eigenvalue weighted by molar-refractivity contribution is 5.93. The lowest BCUT2D eigenvalue weighted by Crippen LogP contribution is -2.47. The van der Waals surface area contributed by atoms with Crippen LogP contribution >= 0.6 is 0 Å². The minimum Gasteiger partial charge on any atom is -0.454 e. The zero-order valence-corrected chi connectivity index (χ0v) is 14.2. The monoisotopic (exact) mass is 346 g/mol. The highest BCUT2D eigenvalue weighted by Crippen LogP contribution is 2.07. The van der Waals surface area contributed by atoms with Crippen LogP contribution in [0.15, 0.2) is 30.3 Å². The first kappa shape index (κ1) is 20.0. The van der Waals surface area contributed by atoms with E-state index in [4.69, 9.17) is 10.00 Å². The number of hydrogen-bond donors (Lipinski definition) is 3. The van der Waals surface area contributed by atoms with Crippen LogP contribution < -0.4 is 16.0 Å². The topological polar surface area (TPSA) is 120 Å². The molecule has 1 atom stereocenters. The first-order valence-electron chi connectivity index (χ1n) is 7.87. The number of carbonyl (C=O) groups excluding carboxylic acids is 3. The van der Waals surface area contributed by atoms with Crippen LogP contribution in [0.1, 0.15) is 20.3 Å². The smallest absolute Gasteiger partial charge is 0.329 e. The Labute approximate surface area is 146 Å². The summed E-state index contributed by atoms with van der Waals surface area (Å²) in [5.74, 6) is -1.43. The van der Waals surface area contributed by atoms with Crippen LogP contribution in [0.5, 0.6) is 0 Å². The van der Waals surface area contributed by atoms with E-state index in [-0.39, 0.29) is 18.9 Å². The van der Waals surface area contributed by atoms with Crippen molar-refractivity contribution in [1.82, 2.24) is 10.6 Å². The Morgan fingerprint density at radius 3 is 2.48 bits per heavy atom. The summed E-state index contributed by atoms with van der Waals surface area (Å²) in [4.78, 5) is 35.6. The second kappa shape index (κ2) is 10.6. The third-order valence-electron chi connectivity index (χ3n) is 3.14. The lowest BCUT2D eigenvalue weighted by Gasteiger charge is -2.21. The fourth-order valence-corrected chi connectivity index (χ4v) is 1.86. The third-order valence-corrected chi connectivity index (χ3v) is 3.14. The molecule has 134 valence electrons. The van der Waals surface area contributed by atoms with Crippen LogP contribution in [-0.4, -0.2) is 37.1 Å². The van der Waals surface area contributed by atoms with E-state index in [9.17, 15) is 14.4 Å². The Morgan fingerprint density at radius 1 is 1.20 bits per heavy atom. The zero-order valence-electron chi connectivity index (χ0n) is 14.2. The van der Waals surface area contributed by atoms with E-state index < -0.39 is 30.6 Å². The molecule has 25 heavy (non-hydrogen) atoms. The lowest BCUT2D eigenvalue weighted by atomic mass is 10.1. The maximum atomic E-state index is 12.1. The van der Waals surface area contributed by atoms with Gasteiger partial charge >= 0.3 is 12.0 Å². The summed E-state index contributed by atoms with van der Waals surface area (Å²) in [6.45, 7) is 3.23. The number of carbonyl (C=O) groups is 3. The molecule has 3 amide bonds. The Balaban J connectivity index is 2.49. The van der Waals surface area contributed by atoms with Gasteiger partial charge in [-0.1, -0.05) is 32.0 Å². The van der Waals surface area contributed by atoms with Gasteiger partial charge in [-0.3, -0.25) is 4.79 Å². The Kier molecular flexibility index (Phi) is 8.50. The summed E-state index contributed by atoms with van der Waals surface area (Å²) in [7, 11) is 0. The number of hydrogen-bond acceptors (Lipinski definition) is 5. The number of para-hydroxylation sites is 1. The van der Waals surface area contributed by atoms with Gasteiger partial charge in [-0.25, -0.2) is 9.59 Å². The van der Waals surface area contributed by atoms with Crippen LogP contribution in [0.25, 0.3) is 0 Å². The molecule has 0 aliphatic carbocycles. The first-order valence-corrected chi connectivity index (χ1v) is 7.87. The standard InChI is InChI=1S/C17H22N4O4/c1-12(2)15(16(23)25-11-14(22)19-10-6-9-18)21-17(24)20-13-7-4-3-5-8-13/h3-5,7-8,12,15H,6,10-11H2,1-2H3,(H,19,22)(H2,20,21,24)/t15-/m1/s1. The van der Waals surface area contributed by atoms with E-state index >= 15 is 0 Å². The highest BCUT2D eigenvalue weighted by Gasteiger charge is 2.26. The number of nitriles is 1. The van der Waals surface area contributed by atoms with Gasteiger partial charge in [0.15, 0.2) is 6.61 Å². The number of rotatable bonds is 8. The number of anilines is 1. The van der Waals surface area contributed by atoms with Crippen molar-refractivity contribution in [3.8, 4) is 6.07 Å². The van der Waals surface area contributed by atoms with Crippen molar-refractivity contribution in [2.45, 2.75) is 26.3 Å². The van der Waals surface area contributed by atoms with E-state index in [1.165, 1.54) is 0 Å². The second-order valence-electron chi connectivity index (χ2n) is 5.55. The largest absolute Gasteiger partial charge is 0.454 e. The van der Waals surface area contributed by atoms with E-state index in [0.717, 1.165) is 0 Å². The summed E-state index contributed by atoms with van der Waals surface area (Å²) in [6.07, 6.45) is 0.176. The molecule has 0 aromatic heterocycles. The number of benzene rings is 1. The van der Waals surface area contributed by atoms with E-state index in [1.807, 2.05) is 12.1 Å². The van der Waals surface area contributed by atoms with Crippen molar-refractivity contribution in [3.63, 3.8) is 0 Å². The van der Waals surface area contributed by atoms with Gasteiger partial charge in [0.2, 0.25) is 0 Å². The molecule has 0 bridgehead atoms. The predicted octanol–water partition coefficient (Wildman–Crippen LogP) is 1.41. The molecule has 1 aromatic rings. The van der Waals surface area contributed by atoms with Crippen molar-refractivity contribution in [2.24, 2.45) is 5.92 Å². The SMILES string of the molecule is CC(C)[C@@H](NC(=O)Nc1ccccc1)C(=O)OCC(=O)NCCC#N. The minimum absolute atomic E-state index is 0.176. The number of esters is 1. The molecule has 0 unspecified atom stereocenters. The van der Waals surface area contributed by atoms with E-state index in [1.54, 1.807) is 38.1 Å². The van der Waals surface area contributed by atoms with Gasteiger partial charge in [-0.15, -0.1) is 0 Å². The van der Waals surface area contributed by atoms with Gasteiger partial charge in [0, 0.05) is 12.2 Å². The minimum atomic E-state index is -0.893. The molecule has 0 aliphatic rings. The van der Waals surface area contributed by atoms with Gasteiger partial charge in [0.25, 0.3) is 5.91 Å². The van der Waals surface area contributed by atoms with Gasteiger partial charge < -0.3 is 20.7 Å². The molecule has 0 radical (unpaired) electrons. The van der Waals surface area contributed by atoms with E-state index in [2.05, 4.69) is 16.0 Å². The molecular weight excluding hydrogens is 324 g/mol. The summed E-state index contributed by atoms with van der Waals surface area (Å²) in [6, 6.07) is 9.25. The van der Waals surface area contributed by atoms with Crippen LogP contribution in [0, 0.1) is 17.2 Å². The van der Waals surface area contributed by atoms with Crippen LogP contribution in [0.2, 0.25) is 0 Å². The molecule has 0 saturated carbocycles. The maximum Gasteiger partial charge on any atom is 0.329 e. The second-order valence-corrected chi connectivity index (χ2v) is 5.55. The van der Waals surface area contributed by atoms with Crippen molar-refractivity contribution < 1.29 is 19.1 Å². The van der Waals surface area contributed by atoms with Crippen molar-refractivity contribution in [3.05, 3.63) is 30.3 Å². The molecule has 0 saturated heterocycles. The lowest BCUT2D eigenvalue weighted by molar-refractivity contribution is -0.151. The van der Waals surface area contributed by atoms with Crippen molar-refractivity contribution >= 4 is 23.6 Å². The van der Waals surface area contributed by atoms with Gasteiger partial charge in [0.1, 0.15) is 6.04 Å². The molecule has 0 heterocycles. The third kappa shape index (κ3) is 7.83. The molecule has 8 heteroatoms. The van der Waals surface area contributed by atoms with Crippen LogP contribution in [0.4, 0.5) is 10.5 Å². The average Bonchev–Trinajstić information content (AvgIpc) is 2.58. The number of nitrogens with one attached hydrogen (secondary N) is 3.